The standard InChI is InChI=1S/C23H32N6O4.2C2H6/c1-17-3-4-19(15-18(17)2)26-27-22(30)20-16-21(29-8-12-32-13-9-29)25-23(24-20)33-14-7-28-5-10-31-11-6-28;2*1-2/h3-4,15-16,26H,5-14H2,1-2H3,(H,27,30);2*1-2H3. The van der Waals surface area contributed by atoms with Gasteiger partial charge in [-0.15, -0.1) is 0 Å². The van der Waals surface area contributed by atoms with E-state index in [1.54, 1.807) is 6.07 Å². The van der Waals surface area contributed by atoms with Crippen LogP contribution in [0.15, 0.2) is 24.3 Å². The van der Waals surface area contributed by atoms with E-state index >= 15 is 0 Å². The lowest BCUT2D eigenvalue weighted by Gasteiger charge is -2.28. The van der Waals surface area contributed by atoms with Gasteiger partial charge < -0.3 is 19.1 Å². The number of hydrazine groups is 1. The van der Waals surface area contributed by atoms with Gasteiger partial charge in [-0.1, -0.05) is 33.8 Å². The maximum atomic E-state index is 12.9. The summed E-state index contributed by atoms with van der Waals surface area (Å²) < 4.78 is 16.7. The van der Waals surface area contributed by atoms with Gasteiger partial charge in [-0.05, 0) is 37.1 Å². The van der Waals surface area contributed by atoms with E-state index in [-0.39, 0.29) is 17.6 Å². The first kappa shape index (κ1) is 30.3. The van der Waals surface area contributed by atoms with E-state index < -0.39 is 0 Å². The lowest BCUT2D eigenvalue weighted by atomic mass is 10.1. The van der Waals surface area contributed by atoms with Crippen LogP contribution in [-0.2, 0) is 9.47 Å². The molecule has 0 atom stereocenters. The Balaban J connectivity index is 0.00000115. The molecular weight excluding hydrogens is 472 g/mol. The van der Waals surface area contributed by atoms with Crippen molar-refractivity contribution in [3.8, 4) is 6.01 Å². The van der Waals surface area contributed by atoms with E-state index in [0.29, 0.717) is 38.7 Å². The van der Waals surface area contributed by atoms with E-state index in [1.807, 2.05) is 59.7 Å². The molecule has 0 bridgehead atoms. The van der Waals surface area contributed by atoms with Gasteiger partial charge in [0.15, 0.2) is 0 Å². The summed E-state index contributed by atoms with van der Waals surface area (Å²) in [5.41, 5.74) is 9.06. The number of morpholine rings is 2. The molecule has 206 valence electrons. The first-order valence-electron chi connectivity index (χ1n) is 13.4. The lowest BCUT2D eigenvalue weighted by Crippen LogP contribution is -2.39. The number of hydrogen-bond acceptors (Lipinski definition) is 9. The van der Waals surface area contributed by atoms with Crippen LogP contribution in [0.3, 0.4) is 0 Å². The number of benzene rings is 1. The summed E-state index contributed by atoms with van der Waals surface area (Å²) in [6.45, 7) is 19.2. The molecule has 2 aliphatic heterocycles. The zero-order chi connectivity index (χ0) is 27.0. The summed E-state index contributed by atoms with van der Waals surface area (Å²) in [4.78, 5) is 26.2. The third-order valence-corrected chi connectivity index (χ3v) is 5.83. The summed E-state index contributed by atoms with van der Waals surface area (Å²) in [5, 5.41) is 0. The van der Waals surface area contributed by atoms with Gasteiger partial charge in [0, 0.05) is 38.8 Å². The number of carbonyl (C=O) groups excluding carboxylic acids is 1. The Labute approximate surface area is 221 Å². The largest absolute Gasteiger partial charge is 0.462 e. The average molecular weight is 517 g/mol. The van der Waals surface area contributed by atoms with E-state index in [9.17, 15) is 4.79 Å². The Morgan fingerprint density at radius 2 is 1.57 bits per heavy atom. The highest BCUT2D eigenvalue weighted by atomic mass is 16.5. The second kappa shape index (κ2) is 16.7. The molecule has 1 amide bonds. The first-order valence-corrected chi connectivity index (χ1v) is 13.4. The maximum absolute atomic E-state index is 12.9. The fourth-order valence-electron chi connectivity index (χ4n) is 3.65. The Hall–Kier alpha value is -2.95. The minimum Gasteiger partial charge on any atom is -0.462 e. The molecule has 2 aliphatic rings. The SMILES string of the molecule is CC.CC.Cc1ccc(NNC(=O)c2cc(N3CCOCC3)nc(OCCN3CCOCC3)n2)cc1C. The average Bonchev–Trinajstić information content (AvgIpc) is 2.96. The highest BCUT2D eigenvalue weighted by Gasteiger charge is 2.19. The van der Waals surface area contributed by atoms with Crippen LogP contribution in [0.25, 0.3) is 0 Å². The van der Waals surface area contributed by atoms with Crippen LogP contribution in [0.1, 0.15) is 49.3 Å². The molecule has 10 heteroatoms. The zero-order valence-corrected chi connectivity index (χ0v) is 23.3. The van der Waals surface area contributed by atoms with Crippen LogP contribution in [0, 0.1) is 13.8 Å². The van der Waals surface area contributed by atoms with Crippen molar-refractivity contribution in [3.63, 3.8) is 0 Å². The molecular formula is C27H44N6O4. The number of amides is 1. The molecule has 2 fully saturated rings. The first-order chi connectivity index (χ1) is 18.1. The summed E-state index contributed by atoms with van der Waals surface area (Å²) >= 11 is 0. The van der Waals surface area contributed by atoms with Crippen LogP contribution >= 0.6 is 0 Å². The zero-order valence-electron chi connectivity index (χ0n) is 23.3. The molecule has 4 rings (SSSR count). The van der Waals surface area contributed by atoms with Gasteiger partial charge in [-0.3, -0.25) is 20.5 Å². The van der Waals surface area contributed by atoms with Gasteiger partial charge in [-0.25, -0.2) is 0 Å². The minimum atomic E-state index is -0.358. The molecule has 1 aromatic carbocycles. The molecule has 2 saturated heterocycles. The number of ether oxygens (including phenoxy) is 3. The van der Waals surface area contributed by atoms with Crippen molar-refractivity contribution in [1.29, 1.82) is 0 Å². The van der Waals surface area contributed by atoms with Gasteiger partial charge in [0.25, 0.3) is 5.91 Å². The van der Waals surface area contributed by atoms with Crippen LogP contribution in [0.2, 0.25) is 0 Å². The Morgan fingerprint density at radius 3 is 2.22 bits per heavy atom. The minimum absolute atomic E-state index is 0.198. The van der Waals surface area contributed by atoms with Crippen molar-refractivity contribution in [2.24, 2.45) is 0 Å². The van der Waals surface area contributed by atoms with Crippen molar-refractivity contribution in [2.45, 2.75) is 41.5 Å². The smallest absolute Gasteiger partial charge is 0.319 e. The molecule has 0 aliphatic carbocycles. The van der Waals surface area contributed by atoms with Crippen LogP contribution < -0.4 is 20.5 Å². The fourth-order valence-corrected chi connectivity index (χ4v) is 3.65. The quantitative estimate of drug-likeness (QED) is 0.511. The maximum Gasteiger partial charge on any atom is 0.319 e. The molecule has 3 heterocycles. The van der Waals surface area contributed by atoms with E-state index in [2.05, 4.69) is 30.6 Å². The van der Waals surface area contributed by atoms with Crippen LogP contribution in [-0.4, -0.2) is 86.5 Å². The summed E-state index contributed by atoms with van der Waals surface area (Å²) in [7, 11) is 0. The highest BCUT2D eigenvalue weighted by Crippen LogP contribution is 2.18. The number of nitrogens with one attached hydrogen (secondary N) is 2. The lowest BCUT2D eigenvalue weighted by molar-refractivity contribution is 0.0317. The van der Waals surface area contributed by atoms with Gasteiger partial charge >= 0.3 is 6.01 Å². The molecule has 2 aromatic rings. The summed E-state index contributed by atoms with van der Waals surface area (Å²) in [6.07, 6.45) is 0. The van der Waals surface area contributed by atoms with E-state index in [4.69, 9.17) is 14.2 Å². The molecule has 1 aromatic heterocycles. The second-order valence-corrected chi connectivity index (χ2v) is 8.17. The summed E-state index contributed by atoms with van der Waals surface area (Å²) in [6, 6.07) is 7.79. The van der Waals surface area contributed by atoms with Crippen molar-refractivity contribution in [1.82, 2.24) is 20.3 Å². The third kappa shape index (κ3) is 9.79. The molecule has 0 spiro atoms. The Kier molecular flexibility index (Phi) is 13.7. The summed E-state index contributed by atoms with van der Waals surface area (Å²) in [5.74, 6) is 0.300. The predicted molar refractivity (Wildman–Crippen MR) is 148 cm³/mol. The molecule has 37 heavy (non-hydrogen) atoms. The van der Waals surface area contributed by atoms with Crippen molar-refractivity contribution in [3.05, 3.63) is 41.1 Å². The van der Waals surface area contributed by atoms with Gasteiger partial charge in [0.1, 0.15) is 18.1 Å². The molecule has 2 N–H and O–H groups in total. The van der Waals surface area contributed by atoms with Gasteiger partial charge in [0.2, 0.25) is 0 Å². The van der Waals surface area contributed by atoms with Gasteiger partial charge in [0.05, 0.1) is 32.1 Å². The predicted octanol–water partition coefficient (Wildman–Crippen LogP) is 3.45. The number of rotatable bonds is 8. The van der Waals surface area contributed by atoms with Crippen molar-refractivity contribution >= 4 is 17.4 Å². The number of aryl methyl sites for hydroxylation is 2. The monoisotopic (exact) mass is 516 g/mol. The Bertz CT molecular complexity index is 946. The van der Waals surface area contributed by atoms with Crippen molar-refractivity contribution in [2.75, 3.05) is 76.1 Å². The number of aromatic nitrogens is 2. The number of anilines is 2. The number of hydrogen-bond donors (Lipinski definition) is 2. The van der Waals surface area contributed by atoms with E-state index in [1.165, 1.54) is 5.56 Å². The second-order valence-electron chi connectivity index (χ2n) is 8.17. The Morgan fingerprint density at radius 1 is 0.919 bits per heavy atom. The van der Waals surface area contributed by atoms with Crippen LogP contribution in [0.5, 0.6) is 6.01 Å². The third-order valence-electron chi connectivity index (χ3n) is 5.83. The number of carbonyl (C=O) groups is 1. The fraction of sp³-hybridized carbons (Fsp3) is 0.593. The van der Waals surface area contributed by atoms with Crippen LogP contribution in [0.4, 0.5) is 11.5 Å². The molecule has 0 saturated carbocycles. The topological polar surface area (TPSA) is 101 Å². The molecule has 0 unspecified atom stereocenters. The van der Waals surface area contributed by atoms with E-state index in [0.717, 1.165) is 44.1 Å². The number of nitrogens with zero attached hydrogens (tertiary/aromatic N) is 4. The normalized spacial score (nSPS) is 15.5. The molecule has 10 nitrogen and oxygen atoms in total. The highest BCUT2D eigenvalue weighted by molar-refractivity contribution is 5.93. The van der Waals surface area contributed by atoms with Crippen molar-refractivity contribution < 1.29 is 19.0 Å². The molecule has 0 radical (unpaired) electrons. The van der Waals surface area contributed by atoms with Gasteiger partial charge in [-0.2, -0.15) is 9.97 Å².